The van der Waals surface area contributed by atoms with Crippen molar-refractivity contribution in [3.05, 3.63) is 217 Å². The molecule has 4 nitrogen and oxygen atoms in total. The van der Waals surface area contributed by atoms with Gasteiger partial charge < -0.3 is 5.11 Å². The van der Waals surface area contributed by atoms with Gasteiger partial charge in [0.15, 0.2) is 0 Å². The summed E-state index contributed by atoms with van der Waals surface area (Å²) in [5, 5.41) is 12.7. The number of aromatic hydroxyl groups is 1. The molecule has 4 heteroatoms. The van der Waals surface area contributed by atoms with E-state index in [-0.39, 0.29) is 27.4 Å². The molecule has 0 atom stereocenters. The van der Waals surface area contributed by atoms with E-state index in [4.69, 9.17) is 9.97 Å². The standard InChI is InChI=1S/C69H67N3O/c1-66(2,3)55-43-58(64(73)59(44-55)67(4,5)6)65-71-63-56(28-21-29-62(63)72(65)61-35-34-54(69(10,11)68(7,8)9)42-57(61)49-26-19-14-20-27-49)52-38-51(46-24-17-13-18-25-46)39-53(40-52)60-41-50(36-37-70-60)48-32-30-47(31-33-48)45-22-15-12-16-23-45/h12-44,73H,1-11H3. The molecular weight excluding hydrogens is 887 g/mol. The molecular formula is C69H67N3O. The van der Waals surface area contributed by atoms with Crippen LogP contribution < -0.4 is 0 Å². The molecule has 0 bridgehead atoms. The summed E-state index contributed by atoms with van der Waals surface area (Å²) in [6, 6.07) is 69.5. The average molecular weight is 954 g/mol. The van der Waals surface area contributed by atoms with Crippen molar-refractivity contribution in [3.8, 4) is 89.7 Å². The van der Waals surface area contributed by atoms with E-state index in [0.717, 1.165) is 83.6 Å². The minimum Gasteiger partial charge on any atom is -0.507 e. The number of nitrogens with zero attached hydrogens (tertiary/aromatic N) is 3. The molecule has 1 N–H and O–H groups in total. The summed E-state index contributed by atoms with van der Waals surface area (Å²) < 4.78 is 2.30. The molecule has 0 unspecified atom stereocenters. The van der Waals surface area contributed by atoms with Crippen LogP contribution in [0.3, 0.4) is 0 Å². The zero-order valence-corrected chi connectivity index (χ0v) is 44.3. The van der Waals surface area contributed by atoms with Gasteiger partial charge in [-0.2, -0.15) is 0 Å². The lowest BCUT2D eigenvalue weighted by molar-refractivity contribution is 0.225. The van der Waals surface area contributed by atoms with Crippen LogP contribution in [-0.4, -0.2) is 19.6 Å². The normalized spacial score (nSPS) is 12.4. The molecule has 0 aliphatic rings. The highest BCUT2D eigenvalue weighted by molar-refractivity contribution is 5.98. The minimum atomic E-state index is -0.345. The van der Waals surface area contributed by atoms with Crippen molar-refractivity contribution in [2.24, 2.45) is 5.41 Å². The summed E-state index contributed by atoms with van der Waals surface area (Å²) in [5.74, 6) is 0.933. The number of hydrogen-bond acceptors (Lipinski definition) is 3. The van der Waals surface area contributed by atoms with Crippen LogP contribution in [0.15, 0.2) is 200 Å². The van der Waals surface area contributed by atoms with Crippen molar-refractivity contribution in [1.82, 2.24) is 14.5 Å². The molecule has 364 valence electrons. The fourth-order valence-corrected chi connectivity index (χ4v) is 9.95. The third-order valence-corrected chi connectivity index (χ3v) is 15.4. The number of rotatable bonds is 9. The van der Waals surface area contributed by atoms with Gasteiger partial charge in [0.1, 0.15) is 11.6 Å². The third-order valence-electron chi connectivity index (χ3n) is 15.4. The summed E-state index contributed by atoms with van der Waals surface area (Å²) in [5.41, 5.74) is 18.9. The molecule has 8 aromatic carbocycles. The van der Waals surface area contributed by atoms with E-state index in [1.54, 1.807) is 0 Å². The highest BCUT2D eigenvalue weighted by atomic mass is 16.3. The highest BCUT2D eigenvalue weighted by Gasteiger charge is 2.36. The van der Waals surface area contributed by atoms with Crippen LogP contribution in [0.4, 0.5) is 0 Å². The first kappa shape index (κ1) is 48.8. The van der Waals surface area contributed by atoms with Crippen LogP contribution in [0.5, 0.6) is 5.75 Å². The van der Waals surface area contributed by atoms with Crippen LogP contribution in [0, 0.1) is 5.41 Å². The lowest BCUT2D eigenvalue weighted by Gasteiger charge is -2.40. The van der Waals surface area contributed by atoms with Gasteiger partial charge in [-0.3, -0.25) is 9.55 Å². The Bertz CT molecular complexity index is 3620. The molecule has 0 aliphatic carbocycles. The van der Waals surface area contributed by atoms with E-state index in [2.05, 4.69) is 275 Å². The van der Waals surface area contributed by atoms with E-state index in [0.29, 0.717) is 11.4 Å². The molecule has 0 saturated carbocycles. The van der Waals surface area contributed by atoms with Crippen LogP contribution in [0.2, 0.25) is 0 Å². The quantitative estimate of drug-likeness (QED) is 0.157. The molecule has 2 aromatic heterocycles. The smallest absolute Gasteiger partial charge is 0.149 e. The summed E-state index contributed by atoms with van der Waals surface area (Å²) in [4.78, 5) is 10.8. The first-order valence-corrected chi connectivity index (χ1v) is 25.7. The predicted octanol–water partition coefficient (Wildman–Crippen LogP) is 18.7. The second kappa shape index (κ2) is 18.7. The molecule has 0 spiro atoms. The number of benzene rings is 8. The first-order valence-electron chi connectivity index (χ1n) is 25.7. The van der Waals surface area contributed by atoms with Crippen LogP contribution >= 0.6 is 0 Å². The minimum absolute atomic E-state index is 0.00903. The van der Waals surface area contributed by atoms with Gasteiger partial charge in [0.05, 0.1) is 28.0 Å². The van der Waals surface area contributed by atoms with Crippen molar-refractivity contribution in [2.75, 3.05) is 0 Å². The summed E-state index contributed by atoms with van der Waals surface area (Å²) >= 11 is 0. The Morgan fingerprint density at radius 3 is 1.55 bits per heavy atom. The maximum Gasteiger partial charge on any atom is 0.149 e. The van der Waals surface area contributed by atoms with E-state index in [1.165, 1.54) is 16.7 Å². The molecule has 0 saturated heterocycles. The zero-order valence-electron chi connectivity index (χ0n) is 44.3. The molecule has 0 fully saturated rings. The number of imidazole rings is 1. The number of hydrogen-bond donors (Lipinski definition) is 1. The van der Waals surface area contributed by atoms with Gasteiger partial charge in [0.2, 0.25) is 0 Å². The first-order chi connectivity index (χ1) is 34.8. The second-order valence-corrected chi connectivity index (χ2v) is 23.4. The monoisotopic (exact) mass is 954 g/mol. The van der Waals surface area contributed by atoms with Gasteiger partial charge in [-0.25, -0.2) is 4.98 Å². The van der Waals surface area contributed by atoms with Gasteiger partial charge >= 0.3 is 0 Å². The summed E-state index contributed by atoms with van der Waals surface area (Å²) in [6.07, 6.45) is 1.92. The van der Waals surface area contributed by atoms with E-state index in [1.807, 2.05) is 6.20 Å². The Hall–Kier alpha value is -7.82. The van der Waals surface area contributed by atoms with Crippen molar-refractivity contribution >= 4 is 11.0 Å². The Morgan fingerprint density at radius 1 is 0.397 bits per heavy atom. The van der Waals surface area contributed by atoms with Crippen molar-refractivity contribution in [3.63, 3.8) is 0 Å². The summed E-state index contributed by atoms with van der Waals surface area (Å²) in [7, 11) is 0. The molecule has 2 heterocycles. The van der Waals surface area contributed by atoms with Crippen LogP contribution in [0.1, 0.15) is 92.9 Å². The van der Waals surface area contributed by atoms with Gasteiger partial charge in [0, 0.05) is 28.5 Å². The van der Waals surface area contributed by atoms with Crippen LogP contribution in [0.25, 0.3) is 95.0 Å². The number of phenolic OH excluding ortho intramolecular Hbond substituents is 1. The fourth-order valence-electron chi connectivity index (χ4n) is 9.95. The van der Waals surface area contributed by atoms with E-state index < -0.39 is 0 Å². The third kappa shape index (κ3) is 9.43. The molecule has 10 rings (SSSR count). The van der Waals surface area contributed by atoms with Crippen molar-refractivity contribution < 1.29 is 5.11 Å². The van der Waals surface area contributed by atoms with Crippen LogP contribution in [-0.2, 0) is 16.2 Å². The Balaban J connectivity index is 1.23. The molecule has 0 aliphatic heterocycles. The zero-order chi connectivity index (χ0) is 51.5. The SMILES string of the molecule is CC(C)(C)c1cc(-c2nc3c(-c4cc(-c5ccccc5)cc(-c5cc(-c6ccc(-c7ccccc7)cc6)ccn5)c4)cccc3n2-c2ccc(C(C)(C)C(C)(C)C)cc2-c2ccccc2)c(O)c(C(C)(C)C)c1. The largest absolute Gasteiger partial charge is 0.507 e. The molecule has 0 amide bonds. The lowest BCUT2D eigenvalue weighted by atomic mass is 9.65. The van der Waals surface area contributed by atoms with Gasteiger partial charge in [0.25, 0.3) is 0 Å². The highest BCUT2D eigenvalue weighted by Crippen LogP contribution is 2.48. The number of fused-ring (bicyclic) bond motifs is 1. The number of para-hydroxylation sites is 1. The lowest BCUT2D eigenvalue weighted by Crippen LogP contribution is -2.34. The van der Waals surface area contributed by atoms with Crippen molar-refractivity contribution in [2.45, 2.75) is 92.4 Å². The van der Waals surface area contributed by atoms with Crippen molar-refractivity contribution in [1.29, 1.82) is 0 Å². The second-order valence-electron chi connectivity index (χ2n) is 23.4. The molecule has 73 heavy (non-hydrogen) atoms. The number of aromatic nitrogens is 3. The maximum absolute atomic E-state index is 12.7. The number of pyridine rings is 1. The Morgan fingerprint density at radius 2 is 0.945 bits per heavy atom. The average Bonchev–Trinajstić information content (AvgIpc) is 3.77. The topological polar surface area (TPSA) is 50.9 Å². The Labute approximate surface area is 433 Å². The van der Waals surface area contributed by atoms with Gasteiger partial charge in [-0.05, 0) is 132 Å². The predicted molar refractivity (Wildman–Crippen MR) is 308 cm³/mol. The van der Waals surface area contributed by atoms with Gasteiger partial charge in [-0.15, -0.1) is 0 Å². The maximum atomic E-state index is 12.7. The molecule has 0 radical (unpaired) electrons. The Kier molecular flexibility index (Phi) is 12.5. The van der Waals surface area contributed by atoms with E-state index in [9.17, 15) is 5.11 Å². The molecule has 10 aromatic rings. The van der Waals surface area contributed by atoms with E-state index >= 15 is 0 Å². The fraction of sp³-hybridized carbons (Fsp3) is 0.217. The number of phenols is 1. The van der Waals surface area contributed by atoms with Gasteiger partial charge in [-0.1, -0.05) is 216 Å². The summed E-state index contributed by atoms with van der Waals surface area (Å²) in [6.45, 7) is 24.9.